The topological polar surface area (TPSA) is 58.7 Å². The number of halogens is 1. The van der Waals surface area contributed by atoms with Gasteiger partial charge in [0.25, 0.3) is 0 Å². The molecule has 0 unspecified atom stereocenters. The number of nitrogens with zero attached hydrogens (tertiary/aromatic N) is 2. The number of benzene rings is 1. The number of hydrogen-bond donors (Lipinski definition) is 1. The van der Waals surface area contributed by atoms with Crippen LogP contribution in [0, 0.1) is 0 Å². The Bertz CT molecular complexity index is 445. The minimum Gasteiger partial charge on any atom is -0.325 e. The average molecular weight is 238 g/mol. The summed E-state index contributed by atoms with van der Waals surface area (Å²) in [6, 6.07) is 7.41. The van der Waals surface area contributed by atoms with Crippen molar-refractivity contribution in [2.75, 3.05) is 6.54 Å². The molecule has 2 rings (SSSR count). The zero-order valence-electron chi connectivity index (χ0n) is 8.69. The fourth-order valence-corrected chi connectivity index (χ4v) is 1.75. The standard InChI is InChI=1S/C11H12ClN3O/c12-10-4-2-1-3-8(10)7-15-11(16)5-9(6-13)14-15/h1-4H,5-7,13H2. The number of carbonyl (C=O) groups excluding carboxylic acids is 1. The normalized spacial score (nSPS) is 15.5. The molecular formula is C11H12ClN3O. The first-order chi connectivity index (χ1) is 7.70. The van der Waals surface area contributed by atoms with Crippen LogP contribution < -0.4 is 5.73 Å². The van der Waals surface area contributed by atoms with E-state index in [0.717, 1.165) is 11.3 Å². The summed E-state index contributed by atoms with van der Waals surface area (Å²) in [6.45, 7) is 0.729. The first-order valence-corrected chi connectivity index (χ1v) is 5.38. The van der Waals surface area contributed by atoms with Crippen LogP contribution in [-0.2, 0) is 11.3 Å². The van der Waals surface area contributed by atoms with Crippen molar-refractivity contribution in [2.45, 2.75) is 13.0 Å². The highest BCUT2D eigenvalue weighted by Gasteiger charge is 2.23. The van der Waals surface area contributed by atoms with E-state index in [1.54, 1.807) is 6.07 Å². The van der Waals surface area contributed by atoms with Gasteiger partial charge in [-0.1, -0.05) is 29.8 Å². The molecule has 0 atom stereocenters. The van der Waals surface area contributed by atoms with Gasteiger partial charge in [-0.2, -0.15) is 5.10 Å². The van der Waals surface area contributed by atoms with Gasteiger partial charge in [0.15, 0.2) is 0 Å². The van der Waals surface area contributed by atoms with Crippen molar-refractivity contribution < 1.29 is 4.79 Å². The van der Waals surface area contributed by atoms with Crippen LogP contribution in [-0.4, -0.2) is 23.2 Å². The molecule has 2 N–H and O–H groups in total. The van der Waals surface area contributed by atoms with Gasteiger partial charge in [0.2, 0.25) is 5.91 Å². The Hall–Kier alpha value is -1.39. The molecule has 0 saturated carbocycles. The fourth-order valence-electron chi connectivity index (χ4n) is 1.55. The molecule has 1 heterocycles. The molecule has 0 saturated heterocycles. The van der Waals surface area contributed by atoms with Gasteiger partial charge in [0.1, 0.15) is 0 Å². The first kappa shape index (κ1) is 11.1. The maximum Gasteiger partial charge on any atom is 0.248 e. The molecule has 1 aliphatic heterocycles. The van der Waals surface area contributed by atoms with E-state index in [4.69, 9.17) is 17.3 Å². The number of rotatable bonds is 3. The van der Waals surface area contributed by atoms with Gasteiger partial charge in [-0.05, 0) is 11.6 Å². The number of amides is 1. The highest BCUT2D eigenvalue weighted by Crippen LogP contribution is 2.19. The lowest BCUT2D eigenvalue weighted by atomic mass is 10.2. The minimum atomic E-state index is -0.0274. The maximum atomic E-state index is 11.6. The summed E-state index contributed by atoms with van der Waals surface area (Å²) in [6.07, 6.45) is 0.320. The highest BCUT2D eigenvalue weighted by molar-refractivity contribution is 6.31. The number of carbonyl (C=O) groups is 1. The Kier molecular flexibility index (Phi) is 3.22. The summed E-state index contributed by atoms with van der Waals surface area (Å²) in [5, 5.41) is 6.21. The molecule has 0 bridgehead atoms. The maximum absolute atomic E-state index is 11.6. The van der Waals surface area contributed by atoms with Crippen LogP contribution in [0.25, 0.3) is 0 Å². The van der Waals surface area contributed by atoms with Gasteiger partial charge in [-0.25, -0.2) is 5.01 Å². The summed E-state index contributed by atoms with van der Waals surface area (Å²) in [5.74, 6) is -0.0274. The molecule has 84 valence electrons. The third-order valence-electron chi connectivity index (χ3n) is 2.42. The van der Waals surface area contributed by atoms with Gasteiger partial charge >= 0.3 is 0 Å². The SMILES string of the molecule is NCC1=NN(Cc2ccccc2Cl)C(=O)C1. The molecule has 1 aromatic carbocycles. The summed E-state index contributed by atoms with van der Waals surface area (Å²) in [5.41, 5.74) is 7.05. The number of hydrazone groups is 1. The summed E-state index contributed by atoms with van der Waals surface area (Å²) in [7, 11) is 0. The molecule has 4 nitrogen and oxygen atoms in total. The molecule has 1 aliphatic rings. The van der Waals surface area contributed by atoms with E-state index >= 15 is 0 Å². The smallest absolute Gasteiger partial charge is 0.248 e. The Morgan fingerprint density at radius 2 is 2.19 bits per heavy atom. The van der Waals surface area contributed by atoms with Crippen LogP contribution in [0.1, 0.15) is 12.0 Å². The lowest BCUT2D eigenvalue weighted by Gasteiger charge is -2.12. The predicted molar refractivity (Wildman–Crippen MR) is 63.1 cm³/mol. The van der Waals surface area contributed by atoms with Gasteiger partial charge in [0.05, 0.1) is 18.7 Å². The van der Waals surface area contributed by atoms with E-state index in [1.165, 1.54) is 5.01 Å². The Morgan fingerprint density at radius 3 is 2.81 bits per heavy atom. The molecule has 16 heavy (non-hydrogen) atoms. The van der Waals surface area contributed by atoms with Gasteiger partial charge < -0.3 is 5.73 Å². The zero-order chi connectivity index (χ0) is 11.5. The average Bonchev–Trinajstić information content (AvgIpc) is 2.63. The van der Waals surface area contributed by atoms with Crippen LogP contribution >= 0.6 is 11.6 Å². The number of nitrogens with two attached hydrogens (primary N) is 1. The minimum absolute atomic E-state index is 0.0274. The quantitative estimate of drug-likeness (QED) is 0.864. The van der Waals surface area contributed by atoms with E-state index in [1.807, 2.05) is 18.2 Å². The summed E-state index contributed by atoms with van der Waals surface area (Å²) in [4.78, 5) is 11.6. The van der Waals surface area contributed by atoms with Gasteiger partial charge in [-0.15, -0.1) is 0 Å². The van der Waals surface area contributed by atoms with Gasteiger partial charge in [0, 0.05) is 11.6 Å². The Balaban J connectivity index is 2.14. The molecule has 1 amide bonds. The molecule has 0 fully saturated rings. The van der Waals surface area contributed by atoms with Crippen LogP contribution in [0.2, 0.25) is 5.02 Å². The molecule has 0 aliphatic carbocycles. The van der Waals surface area contributed by atoms with Gasteiger partial charge in [-0.3, -0.25) is 4.79 Å². The van der Waals surface area contributed by atoms with Crippen LogP contribution in [0.4, 0.5) is 0 Å². The second-order valence-electron chi connectivity index (χ2n) is 3.59. The van der Waals surface area contributed by atoms with Crippen molar-refractivity contribution in [3.63, 3.8) is 0 Å². The highest BCUT2D eigenvalue weighted by atomic mass is 35.5. The first-order valence-electron chi connectivity index (χ1n) is 5.01. The third-order valence-corrected chi connectivity index (χ3v) is 2.79. The zero-order valence-corrected chi connectivity index (χ0v) is 9.44. The lowest BCUT2D eigenvalue weighted by Crippen LogP contribution is -2.20. The van der Waals surface area contributed by atoms with E-state index < -0.39 is 0 Å². The monoisotopic (exact) mass is 237 g/mol. The molecule has 0 radical (unpaired) electrons. The Labute approximate surface area is 98.7 Å². The van der Waals surface area contributed by atoms with E-state index in [0.29, 0.717) is 24.5 Å². The summed E-state index contributed by atoms with van der Waals surface area (Å²) >= 11 is 6.01. The van der Waals surface area contributed by atoms with E-state index in [2.05, 4.69) is 5.10 Å². The van der Waals surface area contributed by atoms with Crippen molar-refractivity contribution in [2.24, 2.45) is 10.8 Å². The van der Waals surface area contributed by atoms with Crippen molar-refractivity contribution in [3.05, 3.63) is 34.9 Å². The molecule has 0 spiro atoms. The van der Waals surface area contributed by atoms with E-state index in [9.17, 15) is 4.79 Å². The van der Waals surface area contributed by atoms with Crippen molar-refractivity contribution in [3.8, 4) is 0 Å². The molecule has 1 aromatic rings. The lowest BCUT2D eigenvalue weighted by molar-refractivity contribution is -0.129. The molecule has 0 aromatic heterocycles. The largest absolute Gasteiger partial charge is 0.325 e. The molecular weight excluding hydrogens is 226 g/mol. The Morgan fingerprint density at radius 1 is 1.44 bits per heavy atom. The third kappa shape index (κ3) is 2.23. The van der Waals surface area contributed by atoms with Crippen LogP contribution in [0.5, 0.6) is 0 Å². The second-order valence-corrected chi connectivity index (χ2v) is 4.00. The van der Waals surface area contributed by atoms with Crippen molar-refractivity contribution in [1.82, 2.24) is 5.01 Å². The predicted octanol–water partition coefficient (Wildman–Crippen LogP) is 1.39. The van der Waals surface area contributed by atoms with Crippen LogP contribution in [0.15, 0.2) is 29.4 Å². The number of hydrogen-bond acceptors (Lipinski definition) is 3. The fraction of sp³-hybridized carbons (Fsp3) is 0.273. The van der Waals surface area contributed by atoms with Crippen LogP contribution in [0.3, 0.4) is 0 Å². The van der Waals surface area contributed by atoms with E-state index in [-0.39, 0.29) is 5.91 Å². The molecule has 5 heteroatoms. The summed E-state index contributed by atoms with van der Waals surface area (Å²) < 4.78 is 0. The second kappa shape index (κ2) is 4.63. The van der Waals surface area contributed by atoms with Crippen molar-refractivity contribution >= 4 is 23.2 Å². The van der Waals surface area contributed by atoms with Crippen molar-refractivity contribution in [1.29, 1.82) is 0 Å².